The molecule has 0 aliphatic heterocycles. The van der Waals surface area contributed by atoms with Crippen LogP contribution in [0.1, 0.15) is 0 Å². The van der Waals surface area contributed by atoms with E-state index in [9.17, 15) is 4.79 Å². The van der Waals surface area contributed by atoms with Crippen LogP contribution in [0.3, 0.4) is 0 Å². The Morgan fingerprint density at radius 3 is 1.53 bits per heavy atom. The number of fused-ring (bicyclic) bond motifs is 9. The van der Waals surface area contributed by atoms with E-state index in [2.05, 4.69) is 115 Å². The lowest BCUT2D eigenvalue weighted by atomic mass is 9.91. The van der Waals surface area contributed by atoms with Crippen molar-refractivity contribution in [3.63, 3.8) is 0 Å². The molecule has 0 amide bonds. The highest BCUT2D eigenvalue weighted by Gasteiger charge is 2.17. The van der Waals surface area contributed by atoms with Crippen molar-refractivity contribution in [1.29, 1.82) is 0 Å². The predicted molar refractivity (Wildman–Crippen MR) is 190 cm³/mol. The normalized spacial score (nSPS) is 11.6. The average molecular weight is 574 g/mol. The number of benzene rings is 8. The minimum atomic E-state index is -0.0139. The molecule has 45 heavy (non-hydrogen) atoms. The highest BCUT2D eigenvalue weighted by molar-refractivity contribution is 6.25. The van der Waals surface area contributed by atoms with E-state index in [0.717, 1.165) is 49.6 Å². The lowest BCUT2D eigenvalue weighted by Crippen LogP contribution is -2.19. The summed E-state index contributed by atoms with van der Waals surface area (Å²) in [6.07, 6.45) is 0. The number of nitrogens with zero attached hydrogens (tertiary/aromatic N) is 1. The zero-order chi connectivity index (χ0) is 29.9. The second kappa shape index (κ2) is 10.0. The van der Waals surface area contributed by atoms with Gasteiger partial charge < -0.3 is 0 Å². The molecule has 1 aromatic heterocycles. The topological polar surface area (TPSA) is 22.0 Å². The Morgan fingerprint density at radius 2 is 0.867 bits per heavy atom. The van der Waals surface area contributed by atoms with Gasteiger partial charge in [-0.1, -0.05) is 133 Å². The molecular weight excluding hydrogens is 546 g/mol. The molecule has 0 radical (unpaired) electrons. The van der Waals surface area contributed by atoms with Crippen LogP contribution in [0, 0.1) is 0 Å². The largest absolute Gasteiger partial charge is 0.276 e. The molecule has 0 saturated heterocycles. The van der Waals surface area contributed by atoms with Gasteiger partial charge in [0.1, 0.15) is 0 Å². The smallest absolute Gasteiger partial charge is 0.264 e. The molecule has 0 fully saturated rings. The molecule has 1 heterocycles. The summed E-state index contributed by atoms with van der Waals surface area (Å²) in [5, 5.41) is 10.3. The van der Waals surface area contributed by atoms with Crippen molar-refractivity contribution in [2.75, 3.05) is 0 Å². The van der Waals surface area contributed by atoms with Crippen LogP contribution < -0.4 is 5.56 Å². The second-order valence-corrected chi connectivity index (χ2v) is 11.7. The summed E-state index contributed by atoms with van der Waals surface area (Å²) in [5.74, 6) is 0. The first kappa shape index (κ1) is 25.5. The van der Waals surface area contributed by atoms with Crippen molar-refractivity contribution in [3.8, 4) is 27.9 Å². The molecular formula is C43H27NO. The Morgan fingerprint density at radius 1 is 0.356 bits per heavy atom. The molecule has 210 valence electrons. The van der Waals surface area contributed by atoms with Gasteiger partial charge in [-0.05, 0) is 90.3 Å². The van der Waals surface area contributed by atoms with Crippen molar-refractivity contribution in [2.45, 2.75) is 0 Å². The average Bonchev–Trinajstić information content (AvgIpc) is 3.12. The van der Waals surface area contributed by atoms with Crippen molar-refractivity contribution in [2.24, 2.45) is 0 Å². The van der Waals surface area contributed by atoms with Crippen LogP contribution in [0.25, 0.3) is 81.9 Å². The van der Waals surface area contributed by atoms with Gasteiger partial charge >= 0.3 is 0 Å². The standard InChI is InChI=1S/C43H27NO/c45-43-42-32(28-12-3-1-4-13-28)20-11-21-38(42)40-27-30(23-25-41(40)44(43)31-14-5-2-6-15-31)29-22-24-37-35-18-8-7-16-33(35)34-17-9-10-19-36(34)39(37)26-29/h1-27H. The van der Waals surface area contributed by atoms with E-state index in [1.165, 1.54) is 32.3 Å². The molecule has 8 aromatic carbocycles. The van der Waals surface area contributed by atoms with Crippen LogP contribution in [-0.2, 0) is 0 Å². The summed E-state index contributed by atoms with van der Waals surface area (Å²) in [5.41, 5.74) is 5.97. The molecule has 2 nitrogen and oxygen atoms in total. The SMILES string of the molecule is O=c1c2c(-c3ccccc3)cccc2c2cc(-c3ccc4c5ccccc5c5ccccc5c4c3)ccc2n1-c1ccccc1. The molecule has 2 heteroatoms. The van der Waals surface area contributed by atoms with Crippen LogP contribution in [0.4, 0.5) is 0 Å². The van der Waals surface area contributed by atoms with E-state index in [0.29, 0.717) is 0 Å². The first-order valence-corrected chi connectivity index (χ1v) is 15.3. The number of hydrogen-bond donors (Lipinski definition) is 0. The van der Waals surface area contributed by atoms with Crippen molar-refractivity contribution in [1.82, 2.24) is 4.57 Å². The van der Waals surface area contributed by atoms with E-state index >= 15 is 0 Å². The van der Waals surface area contributed by atoms with Crippen LogP contribution in [0.15, 0.2) is 169 Å². The van der Waals surface area contributed by atoms with Gasteiger partial charge in [-0.25, -0.2) is 0 Å². The highest BCUT2D eigenvalue weighted by Crippen LogP contribution is 2.39. The lowest BCUT2D eigenvalue weighted by Gasteiger charge is -2.17. The van der Waals surface area contributed by atoms with Gasteiger partial charge in [0.25, 0.3) is 5.56 Å². The summed E-state index contributed by atoms with van der Waals surface area (Å²) in [4.78, 5) is 14.4. The molecule has 0 spiro atoms. The van der Waals surface area contributed by atoms with Crippen molar-refractivity contribution < 1.29 is 0 Å². The van der Waals surface area contributed by atoms with Crippen LogP contribution >= 0.6 is 0 Å². The van der Waals surface area contributed by atoms with E-state index in [-0.39, 0.29) is 5.56 Å². The van der Waals surface area contributed by atoms with Gasteiger partial charge in [0.05, 0.1) is 10.9 Å². The maximum Gasteiger partial charge on any atom is 0.264 e. The predicted octanol–water partition coefficient (Wildman–Crippen LogP) is 10.9. The Bertz CT molecular complexity index is 2620. The van der Waals surface area contributed by atoms with Gasteiger partial charge in [-0.15, -0.1) is 0 Å². The lowest BCUT2D eigenvalue weighted by molar-refractivity contribution is 1.06. The summed E-state index contributed by atoms with van der Waals surface area (Å²) in [7, 11) is 0. The molecule has 0 bridgehead atoms. The van der Waals surface area contributed by atoms with Gasteiger partial charge in [0, 0.05) is 11.1 Å². The summed E-state index contributed by atoms with van der Waals surface area (Å²) in [6.45, 7) is 0. The number of rotatable bonds is 3. The number of pyridine rings is 1. The highest BCUT2D eigenvalue weighted by atomic mass is 16.1. The van der Waals surface area contributed by atoms with Crippen molar-refractivity contribution in [3.05, 3.63) is 174 Å². The Hall–Kier alpha value is -5.99. The Kier molecular flexibility index (Phi) is 5.69. The van der Waals surface area contributed by atoms with E-state index < -0.39 is 0 Å². The van der Waals surface area contributed by atoms with E-state index in [4.69, 9.17) is 0 Å². The fraction of sp³-hybridized carbons (Fsp3) is 0. The number of aromatic nitrogens is 1. The van der Waals surface area contributed by atoms with Crippen LogP contribution in [0.5, 0.6) is 0 Å². The molecule has 0 saturated carbocycles. The fourth-order valence-electron chi connectivity index (χ4n) is 7.13. The molecule has 0 atom stereocenters. The zero-order valence-electron chi connectivity index (χ0n) is 24.4. The monoisotopic (exact) mass is 573 g/mol. The van der Waals surface area contributed by atoms with E-state index in [1.54, 1.807) is 0 Å². The van der Waals surface area contributed by atoms with E-state index in [1.807, 2.05) is 53.1 Å². The first-order valence-electron chi connectivity index (χ1n) is 15.3. The number of hydrogen-bond acceptors (Lipinski definition) is 1. The van der Waals surface area contributed by atoms with Crippen LogP contribution in [-0.4, -0.2) is 4.57 Å². The third kappa shape index (κ3) is 3.93. The van der Waals surface area contributed by atoms with Crippen LogP contribution in [0.2, 0.25) is 0 Å². The number of para-hydroxylation sites is 1. The fourth-order valence-corrected chi connectivity index (χ4v) is 7.13. The molecule has 0 unspecified atom stereocenters. The summed E-state index contributed by atoms with van der Waals surface area (Å²) in [6, 6.07) is 57.1. The van der Waals surface area contributed by atoms with Crippen molar-refractivity contribution >= 4 is 54.0 Å². The molecule has 0 aliphatic rings. The second-order valence-electron chi connectivity index (χ2n) is 11.7. The maximum atomic E-state index is 14.4. The summed E-state index contributed by atoms with van der Waals surface area (Å²) < 4.78 is 1.87. The molecule has 9 rings (SSSR count). The quantitative estimate of drug-likeness (QED) is 0.193. The maximum absolute atomic E-state index is 14.4. The minimum absolute atomic E-state index is 0.0139. The van der Waals surface area contributed by atoms with Gasteiger partial charge in [-0.3, -0.25) is 9.36 Å². The van der Waals surface area contributed by atoms with Gasteiger partial charge in [0.15, 0.2) is 0 Å². The Labute approximate surface area is 260 Å². The molecule has 0 aliphatic carbocycles. The third-order valence-electron chi connectivity index (χ3n) is 9.19. The molecule has 9 aromatic rings. The first-order chi connectivity index (χ1) is 22.3. The van der Waals surface area contributed by atoms with Gasteiger partial charge in [-0.2, -0.15) is 0 Å². The minimum Gasteiger partial charge on any atom is -0.276 e. The zero-order valence-corrected chi connectivity index (χ0v) is 24.4. The third-order valence-corrected chi connectivity index (χ3v) is 9.19. The Balaban J connectivity index is 1.36. The van der Waals surface area contributed by atoms with Gasteiger partial charge in [0.2, 0.25) is 0 Å². The molecule has 0 N–H and O–H groups in total. The summed E-state index contributed by atoms with van der Waals surface area (Å²) >= 11 is 0.